The smallest absolute Gasteiger partial charge is 0.103 e. The highest BCUT2D eigenvalue weighted by molar-refractivity contribution is 4.80. The zero-order valence-corrected chi connectivity index (χ0v) is 9.99. The van der Waals surface area contributed by atoms with Crippen molar-refractivity contribution < 1.29 is 4.74 Å². The first kappa shape index (κ1) is 12.0. The molecule has 0 amide bonds. The molecular weight excluding hydrogens is 174 g/mol. The van der Waals surface area contributed by atoms with E-state index in [0.717, 1.165) is 11.8 Å². The fourth-order valence-corrected chi connectivity index (χ4v) is 2.38. The fourth-order valence-electron chi connectivity index (χ4n) is 2.38. The maximum absolute atomic E-state index is 5.76. The number of hydrogen-bond acceptors (Lipinski definition) is 2. The summed E-state index contributed by atoms with van der Waals surface area (Å²) < 4.78 is 5.76. The lowest BCUT2D eigenvalue weighted by molar-refractivity contribution is -0.0618. The highest BCUT2D eigenvalue weighted by Gasteiger charge is 2.30. The minimum absolute atomic E-state index is 0.117. The molecule has 0 spiro atoms. The first-order valence-corrected chi connectivity index (χ1v) is 5.91. The summed E-state index contributed by atoms with van der Waals surface area (Å²) in [6.07, 6.45) is 4.11. The number of ether oxygens (including phenoxy) is 1. The van der Waals surface area contributed by atoms with Gasteiger partial charge in [-0.25, -0.2) is 0 Å². The first-order chi connectivity index (χ1) is 6.50. The summed E-state index contributed by atoms with van der Waals surface area (Å²) in [4.78, 5) is 0. The van der Waals surface area contributed by atoms with Crippen LogP contribution in [0.15, 0.2) is 0 Å². The second-order valence-corrected chi connectivity index (χ2v) is 5.17. The van der Waals surface area contributed by atoms with Crippen molar-refractivity contribution in [1.82, 2.24) is 0 Å². The van der Waals surface area contributed by atoms with Gasteiger partial charge in [0.1, 0.15) is 6.23 Å². The van der Waals surface area contributed by atoms with Crippen molar-refractivity contribution >= 4 is 0 Å². The van der Waals surface area contributed by atoms with Crippen molar-refractivity contribution in [2.24, 2.45) is 23.5 Å². The molecule has 0 aromatic rings. The van der Waals surface area contributed by atoms with E-state index in [-0.39, 0.29) is 6.23 Å². The first-order valence-electron chi connectivity index (χ1n) is 5.91. The third-order valence-corrected chi connectivity index (χ3v) is 3.49. The van der Waals surface area contributed by atoms with Gasteiger partial charge in [-0.1, -0.05) is 20.8 Å². The molecule has 4 unspecified atom stereocenters. The van der Waals surface area contributed by atoms with E-state index in [1.165, 1.54) is 19.3 Å². The SMILES string of the molecule is CC(N)OC1CC(C(C)C)CCC1C. The zero-order chi connectivity index (χ0) is 10.7. The average molecular weight is 199 g/mol. The predicted molar refractivity (Wildman–Crippen MR) is 59.9 cm³/mol. The molecule has 0 radical (unpaired) electrons. The quantitative estimate of drug-likeness (QED) is 0.709. The third kappa shape index (κ3) is 3.25. The molecule has 1 aliphatic rings. The van der Waals surface area contributed by atoms with Crippen LogP contribution in [0.4, 0.5) is 0 Å². The van der Waals surface area contributed by atoms with Gasteiger partial charge < -0.3 is 10.5 Å². The summed E-state index contributed by atoms with van der Waals surface area (Å²) >= 11 is 0. The Hall–Kier alpha value is -0.0800. The van der Waals surface area contributed by atoms with Gasteiger partial charge in [-0.3, -0.25) is 0 Å². The Morgan fingerprint density at radius 2 is 1.86 bits per heavy atom. The van der Waals surface area contributed by atoms with E-state index in [1.54, 1.807) is 0 Å². The van der Waals surface area contributed by atoms with Gasteiger partial charge in [0.15, 0.2) is 0 Å². The zero-order valence-electron chi connectivity index (χ0n) is 9.99. The molecule has 0 aliphatic heterocycles. The van der Waals surface area contributed by atoms with E-state index in [4.69, 9.17) is 10.5 Å². The molecule has 4 atom stereocenters. The molecule has 0 bridgehead atoms. The van der Waals surface area contributed by atoms with E-state index in [2.05, 4.69) is 20.8 Å². The number of rotatable bonds is 3. The minimum Gasteiger partial charge on any atom is -0.360 e. The second kappa shape index (κ2) is 5.13. The average Bonchev–Trinajstić information content (AvgIpc) is 2.07. The summed E-state index contributed by atoms with van der Waals surface area (Å²) in [5.41, 5.74) is 5.68. The van der Waals surface area contributed by atoms with Gasteiger partial charge in [-0.2, -0.15) is 0 Å². The van der Waals surface area contributed by atoms with E-state index >= 15 is 0 Å². The molecule has 2 nitrogen and oxygen atoms in total. The van der Waals surface area contributed by atoms with Crippen LogP contribution in [0.25, 0.3) is 0 Å². The topological polar surface area (TPSA) is 35.2 Å². The van der Waals surface area contributed by atoms with Crippen LogP contribution in [0.2, 0.25) is 0 Å². The molecule has 84 valence electrons. The molecule has 0 aromatic carbocycles. The van der Waals surface area contributed by atoms with Gasteiger partial charge in [0, 0.05) is 0 Å². The van der Waals surface area contributed by atoms with Crippen LogP contribution in [0.5, 0.6) is 0 Å². The summed E-state index contributed by atoms with van der Waals surface area (Å²) in [7, 11) is 0. The van der Waals surface area contributed by atoms with Crippen molar-refractivity contribution in [1.29, 1.82) is 0 Å². The largest absolute Gasteiger partial charge is 0.360 e. The molecule has 1 saturated carbocycles. The Morgan fingerprint density at radius 3 is 2.36 bits per heavy atom. The van der Waals surface area contributed by atoms with Gasteiger partial charge in [0.2, 0.25) is 0 Å². The van der Waals surface area contributed by atoms with Gasteiger partial charge in [-0.15, -0.1) is 0 Å². The van der Waals surface area contributed by atoms with Gasteiger partial charge in [-0.05, 0) is 43.9 Å². The summed E-state index contributed by atoms with van der Waals surface area (Å²) in [6, 6.07) is 0. The maximum Gasteiger partial charge on any atom is 0.103 e. The summed E-state index contributed by atoms with van der Waals surface area (Å²) in [5, 5.41) is 0. The highest BCUT2D eigenvalue weighted by atomic mass is 16.5. The number of nitrogens with two attached hydrogens (primary N) is 1. The molecule has 0 aromatic heterocycles. The lowest BCUT2D eigenvalue weighted by Crippen LogP contribution is -2.36. The van der Waals surface area contributed by atoms with Crippen molar-refractivity contribution in [3.8, 4) is 0 Å². The summed E-state index contributed by atoms with van der Waals surface area (Å²) in [6.45, 7) is 8.82. The van der Waals surface area contributed by atoms with Crippen LogP contribution in [0.3, 0.4) is 0 Å². The lowest BCUT2D eigenvalue weighted by atomic mass is 9.76. The molecule has 2 N–H and O–H groups in total. The Bertz CT molecular complexity index is 168. The Balaban J connectivity index is 2.46. The van der Waals surface area contributed by atoms with Crippen molar-refractivity contribution in [2.75, 3.05) is 0 Å². The van der Waals surface area contributed by atoms with Crippen molar-refractivity contribution in [3.63, 3.8) is 0 Å². The summed E-state index contributed by atoms with van der Waals surface area (Å²) in [5.74, 6) is 2.28. The molecule has 0 saturated heterocycles. The molecule has 1 aliphatic carbocycles. The second-order valence-electron chi connectivity index (χ2n) is 5.17. The Kier molecular flexibility index (Phi) is 4.39. The Labute approximate surface area is 88.2 Å². The predicted octanol–water partition coefficient (Wildman–Crippen LogP) is 2.77. The molecule has 14 heavy (non-hydrogen) atoms. The standard InChI is InChI=1S/C12H25NO/c1-8(2)11-6-5-9(3)12(7-11)14-10(4)13/h8-12H,5-7,13H2,1-4H3. The van der Waals surface area contributed by atoms with E-state index in [0.29, 0.717) is 12.0 Å². The monoisotopic (exact) mass is 199 g/mol. The minimum atomic E-state index is -0.117. The lowest BCUT2D eigenvalue weighted by Gasteiger charge is -2.36. The highest BCUT2D eigenvalue weighted by Crippen LogP contribution is 2.35. The van der Waals surface area contributed by atoms with Crippen LogP contribution >= 0.6 is 0 Å². The Morgan fingerprint density at radius 1 is 1.21 bits per heavy atom. The van der Waals surface area contributed by atoms with Crippen LogP contribution in [0, 0.1) is 17.8 Å². The van der Waals surface area contributed by atoms with Crippen LogP contribution < -0.4 is 5.73 Å². The molecular formula is C12H25NO. The third-order valence-electron chi connectivity index (χ3n) is 3.49. The maximum atomic E-state index is 5.76. The van der Waals surface area contributed by atoms with Crippen LogP contribution in [-0.4, -0.2) is 12.3 Å². The molecule has 1 rings (SSSR count). The van der Waals surface area contributed by atoms with Crippen LogP contribution in [0.1, 0.15) is 47.0 Å². The number of hydrogen-bond donors (Lipinski definition) is 1. The van der Waals surface area contributed by atoms with E-state index < -0.39 is 0 Å². The molecule has 0 heterocycles. The van der Waals surface area contributed by atoms with Gasteiger partial charge in [0.25, 0.3) is 0 Å². The normalized spacial score (nSPS) is 36.0. The van der Waals surface area contributed by atoms with Crippen molar-refractivity contribution in [3.05, 3.63) is 0 Å². The van der Waals surface area contributed by atoms with Crippen LogP contribution in [-0.2, 0) is 4.74 Å². The van der Waals surface area contributed by atoms with Gasteiger partial charge >= 0.3 is 0 Å². The molecule has 2 heteroatoms. The van der Waals surface area contributed by atoms with Gasteiger partial charge in [0.05, 0.1) is 6.10 Å². The van der Waals surface area contributed by atoms with E-state index in [1.807, 2.05) is 6.92 Å². The van der Waals surface area contributed by atoms with Crippen molar-refractivity contribution in [2.45, 2.75) is 59.3 Å². The van der Waals surface area contributed by atoms with E-state index in [9.17, 15) is 0 Å². The molecule has 1 fully saturated rings. The fraction of sp³-hybridized carbons (Fsp3) is 1.00.